The van der Waals surface area contributed by atoms with Gasteiger partial charge >= 0.3 is 0 Å². The van der Waals surface area contributed by atoms with Crippen LogP contribution in [0.2, 0.25) is 0 Å². The maximum atomic E-state index is 12.4. The second kappa shape index (κ2) is 6.91. The van der Waals surface area contributed by atoms with E-state index in [0.29, 0.717) is 11.4 Å². The first-order chi connectivity index (χ1) is 11.6. The van der Waals surface area contributed by atoms with E-state index in [4.69, 9.17) is 4.74 Å². The van der Waals surface area contributed by atoms with Crippen molar-refractivity contribution in [3.05, 3.63) is 78.4 Å². The summed E-state index contributed by atoms with van der Waals surface area (Å²) in [6.07, 6.45) is 3.07. The number of hydrogen-bond donors (Lipinski definition) is 0. The Morgan fingerprint density at radius 2 is 1.58 bits per heavy atom. The number of amides is 1. The Labute approximate surface area is 140 Å². The summed E-state index contributed by atoms with van der Waals surface area (Å²) >= 11 is 0. The minimum atomic E-state index is -0.209. The Kier molecular flexibility index (Phi) is 4.52. The molecule has 0 atom stereocenters. The standard InChI is InChI=1S/C19H17N3O2/c1-14-12-21-18(13-20-14)19(23)22(2)15-8-10-17(11-9-15)24-16-6-4-3-5-7-16/h3-13H,1-2H3. The predicted molar refractivity (Wildman–Crippen MR) is 92.5 cm³/mol. The molecule has 0 aliphatic carbocycles. The van der Waals surface area contributed by atoms with Crippen molar-refractivity contribution in [1.82, 2.24) is 9.97 Å². The van der Waals surface area contributed by atoms with Crippen LogP contribution in [0.5, 0.6) is 11.5 Å². The summed E-state index contributed by atoms with van der Waals surface area (Å²) in [5, 5.41) is 0. The normalized spacial score (nSPS) is 10.2. The Balaban J connectivity index is 1.72. The molecule has 1 amide bonds. The highest BCUT2D eigenvalue weighted by atomic mass is 16.5. The lowest BCUT2D eigenvalue weighted by Gasteiger charge is -2.17. The number of carbonyl (C=O) groups is 1. The van der Waals surface area contributed by atoms with Gasteiger partial charge in [-0.25, -0.2) is 4.98 Å². The van der Waals surface area contributed by atoms with Crippen LogP contribution in [0.3, 0.4) is 0 Å². The molecule has 5 nitrogen and oxygen atoms in total. The number of rotatable bonds is 4. The summed E-state index contributed by atoms with van der Waals surface area (Å²) in [7, 11) is 1.71. The quantitative estimate of drug-likeness (QED) is 0.733. The molecular weight excluding hydrogens is 302 g/mol. The van der Waals surface area contributed by atoms with E-state index in [0.717, 1.165) is 17.1 Å². The minimum Gasteiger partial charge on any atom is -0.457 e. The van der Waals surface area contributed by atoms with Gasteiger partial charge in [-0.15, -0.1) is 0 Å². The van der Waals surface area contributed by atoms with Gasteiger partial charge in [0.25, 0.3) is 5.91 Å². The summed E-state index contributed by atoms with van der Waals surface area (Å²) in [5.41, 5.74) is 1.84. The van der Waals surface area contributed by atoms with Crippen LogP contribution in [-0.4, -0.2) is 22.9 Å². The smallest absolute Gasteiger partial charge is 0.278 e. The van der Waals surface area contributed by atoms with Crippen LogP contribution in [0, 0.1) is 6.92 Å². The highest BCUT2D eigenvalue weighted by Gasteiger charge is 2.15. The monoisotopic (exact) mass is 319 g/mol. The Hall–Kier alpha value is -3.21. The number of ether oxygens (including phenoxy) is 1. The van der Waals surface area contributed by atoms with E-state index in [-0.39, 0.29) is 5.91 Å². The molecule has 1 aromatic heterocycles. The zero-order valence-corrected chi connectivity index (χ0v) is 13.5. The van der Waals surface area contributed by atoms with Crippen molar-refractivity contribution in [2.45, 2.75) is 6.92 Å². The lowest BCUT2D eigenvalue weighted by atomic mass is 10.2. The van der Waals surface area contributed by atoms with Crippen LogP contribution in [0.1, 0.15) is 16.2 Å². The summed E-state index contributed by atoms with van der Waals surface area (Å²) in [6, 6.07) is 16.9. The second-order valence-corrected chi connectivity index (χ2v) is 5.32. The summed E-state index contributed by atoms with van der Waals surface area (Å²) < 4.78 is 5.75. The zero-order chi connectivity index (χ0) is 16.9. The molecule has 0 N–H and O–H groups in total. The van der Waals surface area contributed by atoms with Crippen molar-refractivity contribution in [3.63, 3.8) is 0 Å². The Morgan fingerprint density at radius 1 is 0.917 bits per heavy atom. The first-order valence-corrected chi connectivity index (χ1v) is 7.53. The maximum Gasteiger partial charge on any atom is 0.278 e. The van der Waals surface area contributed by atoms with E-state index in [1.54, 1.807) is 13.2 Å². The van der Waals surface area contributed by atoms with Crippen molar-refractivity contribution in [1.29, 1.82) is 0 Å². The van der Waals surface area contributed by atoms with Crippen LogP contribution in [-0.2, 0) is 0 Å². The lowest BCUT2D eigenvalue weighted by molar-refractivity contribution is 0.0988. The van der Waals surface area contributed by atoms with E-state index < -0.39 is 0 Å². The number of para-hydroxylation sites is 1. The molecule has 0 radical (unpaired) electrons. The van der Waals surface area contributed by atoms with Gasteiger partial charge in [0.2, 0.25) is 0 Å². The molecule has 0 aliphatic rings. The third kappa shape index (κ3) is 3.57. The molecule has 0 fully saturated rings. The lowest BCUT2D eigenvalue weighted by Crippen LogP contribution is -2.27. The number of nitrogens with zero attached hydrogens (tertiary/aromatic N) is 3. The fourth-order valence-corrected chi connectivity index (χ4v) is 2.15. The molecule has 2 aromatic carbocycles. The molecule has 24 heavy (non-hydrogen) atoms. The molecule has 5 heteroatoms. The van der Waals surface area contributed by atoms with Gasteiger partial charge in [0.1, 0.15) is 17.2 Å². The van der Waals surface area contributed by atoms with Crippen LogP contribution in [0.15, 0.2) is 67.0 Å². The van der Waals surface area contributed by atoms with Crippen molar-refractivity contribution < 1.29 is 9.53 Å². The van der Waals surface area contributed by atoms with E-state index >= 15 is 0 Å². The van der Waals surface area contributed by atoms with Crippen LogP contribution < -0.4 is 9.64 Å². The topological polar surface area (TPSA) is 55.3 Å². The van der Waals surface area contributed by atoms with Crippen molar-refractivity contribution in [2.24, 2.45) is 0 Å². The van der Waals surface area contributed by atoms with E-state index in [2.05, 4.69) is 9.97 Å². The predicted octanol–water partition coefficient (Wildman–Crippen LogP) is 3.85. The van der Waals surface area contributed by atoms with Gasteiger partial charge in [0, 0.05) is 18.9 Å². The molecule has 3 rings (SSSR count). The summed E-state index contributed by atoms with van der Waals surface area (Å²) in [4.78, 5) is 22.2. The first kappa shape index (κ1) is 15.7. The SMILES string of the molecule is Cc1cnc(C(=O)N(C)c2ccc(Oc3ccccc3)cc2)cn1. The van der Waals surface area contributed by atoms with Crippen molar-refractivity contribution in [3.8, 4) is 11.5 Å². The molecule has 1 heterocycles. The second-order valence-electron chi connectivity index (χ2n) is 5.32. The molecule has 120 valence electrons. The molecule has 0 saturated carbocycles. The number of benzene rings is 2. The van der Waals surface area contributed by atoms with Gasteiger partial charge in [-0.3, -0.25) is 9.78 Å². The summed E-state index contributed by atoms with van der Waals surface area (Å²) in [5.74, 6) is 1.27. The largest absolute Gasteiger partial charge is 0.457 e. The minimum absolute atomic E-state index is 0.209. The molecule has 0 spiro atoms. The van der Waals surface area contributed by atoms with Crippen molar-refractivity contribution >= 4 is 11.6 Å². The van der Waals surface area contributed by atoms with Gasteiger partial charge in [-0.1, -0.05) is 18.2 Å². The first-order valence-electron chi connectivity index (χ1n) is 7.53. The van der Waals surface area contributed by atoms with Crippen LogP contribution >= 0.6 is 0 Å². The van der Waals surface area contributed by atoms with E-state index in [1.165, 1.54) is 11.1 Å². The number of carbonyl (C=O) groups excluding carboxylic acids is 1. The fraction of sp³-hybridized carbons (Fsp3) is 0.105. The van der Waals surface area contributed by atoms with Gasteiger partial charge in [0.15, 0.2) is 0 Å². The van der Waals surface area contributed by atoms with E-state index in [1.807, 2.05) is 61.5 Å². The molecule has 0 aliphatic heterocycles. The molecule has 0 saturated heterocycles. The van der Waals surface area contributed by atoms with Gasteiger partial charge in [-0.2, -0.15) is 0 Å². The van der Waals surface area contributed by atoms with Crippen molar-refractivity contribution in [2.75, 3.05) is 11.9 Å². The fourth-order valence-electron chi connectivity index (χ4n) is 2.15. The van der Waals surface area contributed by atoms with Gasteiger partial charge in [0.05, 0.1) is 11.9 Å². The highest BCUT2D eigenvalue weighted by molar-refractivity contribution is 6.04. The van der Waals surface area contributed by atoms with Gasteiger partial charge in [-0.05, 0) is 43.3 Å². The molecule has 3 aromatic rings. The summed E-state index contributed by atoms with van der Waals surface area (Å²) in [6.45, 7) is 1.83. The number of hydrogen-bond acceptors (Lipinski definition) is 4. The van der Waals surface area contributed by atoms with Crippen LogP contribution in [0.4, 0.5) is 5.69 Å². The number of aromatic nitrogens is 2. The third-order valence-corrected chi connectivity index (χ3v) is 3.51. The van der Waals surface area contributed by atoms with Crippen LogP contribution in [0.25, 0.3) is 0 Å². The zero-order valence-electron chi connectivity index (χ0n) is 13.5. The molecular formula is C19H17N3O2. The highest BCUT2D eigenvalue weighted by Crippen LogP contribution is 2.24. The Morgan fingerprint density at radius 3 is 2.21 bits per heavy atom. The number of aryl methyl sites for hydroxylation is 1. The number of anilines is 1. The average molecular weight is 319 g/mol. The molecule has 0 bridgehead atoms. The van der Waals surface area contributed by atoms with Gasteiger partial charge < -0.3 is 9.64 Å². The third-order valence-electron chi connectivity index (χ3n) is 3.51. The van der Waals surface area contributed by atoms with E-state index in [9.17, 15) is 4.79 Å². The maximum absolute atomic E-state index is 12.4. The molecule has 0 unspecified atom stereocenters. The average Bonchev–Trinajstić information content (AvgIpc) is 2.63. The Bertz CT molecular complexity index is 815.